The average Bonchev–Trinajstić information content (AvgIpc) is 3.38. The molecule has 2 heterocycles. The van der Waals surface area contributed by atoms with Gasteiger partial charge in [0.25, 0.3) is 0 Å². The van der Waals surface area contributed by atoms with E-state index in [-0.39, 0.29) is 16.9 Å². The van der Waals surface area contributed by atoms with Crippen LogP contribution in [-0.4, -0.2) is 42.6 Å². The molecule has 1 aromatic heterocycles. The summed E-state index contributed by atoms with van der Waals surface area (Å²) in [6, 6.07) is 2.91. The van der Waals surface area contributed by atoms with E-state index in [0.717, 1.165) is 61.9 Å². The number of hydrogen-bond donors (Lipinski definition) is 1. The molecular formula is C19H22F2N4O2. The molecular weight excluding hydrogens is 354 g/mol. The van der Waals surface area contributed by atoms with Crippen molar-refractivity contribution in [2.45, 2.75) is 19.8 Å². The minimum absolute atomic E-state index is 0.0341. The zero-order chi connectivity index (χ0) is 19.0. The Morgan fingerprint density at radius 1 is 1.19 bits per heavy atom. The molecule has 1 aromatic carbocycles. The quantitative estimate of drug-likeness (QED) is 0.866. The molecule has 0 atom stereocenters. The van der Waals surface area contributed by atoms with Gasteiger partial charge in [-0.1, -0.05) is 6.92 Å². The van der Waals surface area contributed by atoms with Gasteiger partial charge < -0.3 is 15.0 Å². The lowest BCUT2D eigenvalue weighted by Crippen LogP contribution is -2.44. The summed E-state index contributed by atoms with van der Waals surface area (Å²) in [7, 11) is 0. The normalized spacial score (nSPS) is 18.4. The Labute approximate surface area is 155 Å². The summed E-state index contributed by atoms with van der Waals surface area (Å²) in [4.78, 5) is 15.1. The molecule has 8 heteroatoms. The smallest absolute Gasteiger partial charge is 0.316 e. The number of aromatic nitrogens is 2. The molecule has 6 nitrogen and oxygen atoms in total. The van der Waals surface area contributed by atoms with Crippen LogP contribution < -0.4 is 20.5 Å². The number of benzene rings is 1. The molecule has 4 rings (SSSR count). The monoisotopic (exact) mass is 376 g/mol. The Kier molecular flexibility index (Phi) is 4.59. The summed E-state index contributed by atoms with van der Waals surface area (Å²) in [6.07, 6.45) is 3.66. The molecule has 1 aliphatic carbocycles. The van der Waals surface area contributed by atoms with Gasteiger partial charge in [-0.05, 0) is 25.0 Å². The molecule has 2 aromatic rings. The molecule has 144 valence electrons. The lowest BCUT2D eigenvalue weighted by molar-refractivity contribution is 0.243. The van der Waals surface area contributed by atoms with Crippen molar-refractivity contribution in [1.82, 2.24) is 15.1 Å². The highest BCUT2D eigenvalue weighted by Crippen LogP contribution is 2.45. The van der Waals surface area contributed by atoms with Crippen LogP contribution in [0.4, 0.5) is 14.5 Å². The highest BCUT2D eigenvalue weighted by atomic mass is 19.1. The first-order valence-electron chi connectivity index (χ1n) is 9.12. The lowest BCUT2D eigenvalue weighted by atomic mass is 10.2. The number of rotatable bonds is 5. The van der Waals surface area contributed by atoms with Crippen molar-refractivity contribution in [3.8, 4) is 11.4 Å². The third-order valence-electron chi connectivity index (χ3n) is 5.13. The lowest BCUT2D eigenvalue weighted by Gasteiger charge is -2.30. The summed E-state index contributed by atoms with van der Waals surface area (Å²) < 4.78 is 34.1. The van der Waals surface area contributed by atoms with Gasteiger partial charge >= 0.3 is 5.56 Å². The molecule has 1 saturated heterocycles. The van der Waals surface area contributed by atoms with Gasteiger partial charge in [-0.3, -0.25) is 4.79 Å². The highest BCUT2D eigenvalue weighted by Gasteiger charge is 2.38. The van der Waals surface area contributed by atoms with E-state index >= 15 is 0 Å². The first-order valence-corrected chi connectivity index (χ1v) is 9.12. The van der Waals surface area contributed by atoms with Crippen molar-refractivity contribution in [2.75, 3.05) is 37.7 Å². The number of piperazine rings is 1. The van der Waals surface area contributed by atoms with Gasteiger partial charge in [0.2, 0.25) is 5.75 Å². The third-order valence-corrected chi connectivity index (χ3v) is 5.13. The maximum atomic E-state index is 13.6. The largest absolute Gasteiger partial charge is 0.486 e. The summed E-state index contributed by atoms with van der Waals surface area (Å²) in [5, 5.41) is 7.42. The van der Waals surface area contributed by atoms with Crippen LogP contribution in [0.5, 0.6) is 5.75 Å². The number of anilines is 1. The van der Waals surface area contributed by atoms with Gasteiger partial charge in [0.1, 0.15) is 17.3 Å². The zero-order valence-electron chi connectivity index (χ0n) is 15.2. The second-order valence-electron chi connectivity index (χ2n) is 7.54. The number of halogens is 2. The van der Waals surface area contributed by atoms with Gasteiger partial charge in [0, 0.05) is 37.7 Å². The van der Waals surface area contributed by atoms with Gasteiger partial charge in [-0.2, -0.15) is 9.78 Å². The minimum Gasteiger partial charge on any atom is -0.486 e. The van der Waals surface area contributed by atoms with Gasteiger partial charge in [0.05, 0.1) is 18.5 Å². The number of hydrogen-bond acceptors (Lipinski definition) is 5. The van der Waals surface area contributed by atoms with Crippen LogP contribution in [0, 0.1) is 17.0 Å². The molecule has 2 aliphatic rings. The van der Waals surface area contributed by atoms with E-state index in [2.05, 4.69) is 17.3 Å². The minimum atomic E-state index is -0.766. The van der Waals surface area contributed by atoms with Crippen LogP contribution in [0.15, 0.2) is 29.2 Å². The second kappa shape index (κ2) is 6.92. The van der Waals surface area contributed by atoms with Crippen LogP contribution in [0.1, 0.15) is 19.8 Å². The van der Waals surface area contributed by atoms with Crippen LogP contribution in [0.2, 0.25) is 0 Å². The van der Waals surface area contributed by atoms with Crippen LogP contribution >= 0.6 is 0 Å². The molecule has 0 spiro atoms. The van der Waals surface area contributed by atoms with Crippen molar-refractivity contribution in [1.29, 1.82) is 0 Å². The standard InChI is InChI=1S/C19H22F2N4O2/c1-19(2-3-19)12-27-17-16(24-6-4-22-5-7-24)11-23-25(18(17)26)15-9-13(20)8-14(21)10-15/h8-11,22H,2-7,12H2,1H3. The van der Waals surface area contributed by atoms with Crippen LogP contribution in [0.3, 0.4) is 0 Å². The summed E-state index contributed by atoms with van der Waals surface area (Å²) in [5.41, 5.74) is 0.234. The van der Waals surface area contributed by atoms with Crippen molar-refractivity contribution >= 4 is 5.69 Å². The van der Waals surface area contributed by atoms with Crippen molar-refractivity contribution in [3.63, 3.8) is 0 Å². The summed E-state index contributed by atoms with van der Waals surface area (Å²) in [5.74, 6) is -1.35. The van der Waals surface area contributed by atoms with E-state index in [4.69, 9.17) is 4.74 Å². The van der Waals surface area contributed by atoms with Crippen molar-refractivity contribution < 1.29 is 13.5 Å². The van der Waals surface area contributed by atoms with E-state index in [1.165, 1.54) is 0 Å². The van der Waals surface area contributed by atoms with Crippen LogP contribution in [-0.2, 0) is 0 Å². The van der Waals surface area contributed by atoms with E-state index in [0.29, 0.717) is 12.3 Å². The van der Waals surface area contributed by atoms with Gasteiger partial charge in [0.15, 0.2) is 0 Å². The molecule has 0 radical (unpaired) electrons. The molecule has 0 amide bonds. The van der Waals surface area contributed by atoms with Crippen LogP contribution in [0.25, 0.3) is 5.69 Å². The van der Waals surface area contributed by atoms with E-state index < -0.39 is 17.2 Å². The second-order valence-corrected chi connectivity index (χ2v) is 7.54. The fourth-order valence-electron chi connectivity index (χ4n) is 3.15. The Bertz CT molecular complexity index is 885. The molecule has 1 aliphatic heterocycles. The first-order chi connectivity index (χ1) is 13.0. The predicted octanol–water partition coefficient (Wildman–Crippen LogP) is 2.10. The van der Waals surface area contributed by atoms with E-state index in [1.807, 2.05) is 4.90 Å². The first kappa shape index (κ1) is 17.9. The predicted molar refractivity (Wildman–Crippen MR) is 97.7 cm³/mol. The summed E-state index contributed by atoms with van der Waals surface area (Å²) >= 11 is 0. The molecule has 1 saturated carbocycles. The number of nitrogens with one attached hydrogen (secondary N) is 1. The van der Waals surface area contributed by atoms with Gasteiger partial charge in [-0.15, -0.1) is 0 Å². The molecule has 2 fully saturated rings. The van der Waals surface area contributed by atoms with Crippen molar-refractivity contribution in [2.24, 2.45) is 5.41 Å². The van der Waals surface area contributed by atoms with E-state index in [1.54, 1.807) is 6.20 Å². The molecule has 1 N–H and O–H groups in total. The highest BCUT2D eigenvalue weighted by molar-refractivity contribution is 5.57. The molecule has 0 unspecified atom stereocenters. The third kappa shape index (κ3) is 3.80. The molecule has 0 bridgehead atoms. The van der Waals surface area contributed by atoms with Gasteiger partial charge in [-0.25, -0.2) is 8.78 Å². The summed E-state index contributed by atoms with van der Waals surface area (Å²) in [6.45, 7) is 5.60. The maximum absolute atomic E-state index is 13.6. The maximum Gasteiger partial charge on any atom is 0.316 e. The van der Waals surface area contributed by atoms with E-state index in [9.17, 15) is 13.6 Å². The topological polar surface area (TPSA) is 59.4 Å². The Hall–Kier alpha value is -2.48. The molecule has 27 heavy (non-hydrogen) atoms. The fraction of sp³-hybridized carbons (Fsp3) is 0.474. The Morgan fingerprint density at radius 3 is 2.48 bits per heavy atom. The Balaban J connectivity index is 1.76. The number of ether oxygens (including phenoxy) is 1. The van der Waals surface area contributed by atoms with Crippen molar-refractivity contribution in [3.05, 3.63) is 46.4 Å². The Morgan fingerprint density at radius 2 is 1.85 bits per heavy atom. The number of nitrogens with zero attached hydrogens (tertiary/aromatic N) is 3. The fourth-order valence-corrected chi connectivity index (χ4v) is 3.15. The average molecular weight is 376 g/mol. The zero-order valence-corrected chi connectivity index (χ0v) is 15.2. The SMILES string of the molecule is CC1(COc2c(N3CCNCC3)cnn(-c3cc(F)cc(F)c3)c2=O)CC1.